The Morgan fingerprint density at radius 1 is 1.28 bits per heavy atom. The van der Waals surface area contributed by atoms with Crippen LogP contribution in [0.25, 0.3) is 10.4 Å². The van der Waals surface area contributed by atoms with Gasteiger partial charge >= 0.3 is 0 Å². The van der Waals surface area contributed by atoms with Crippen LogP contribution in [0.15, 0.2) is 35.2 Å². The van der Waals surface area contributed by atoms with Crippen molar-refractivity contribution in [1.29, 1.82) is 0 Å². The highest BCUT2D eigenvalue weighted by Crippen LogP contribution is 2.33. The van der Waals surface area contributed by atoms with E-state index < -0.39 is 16.7 Å². The van der Waals surface area contributed by atoms with Crippen molar-refractivity contribution in [1.82, 2.24) is 0 Å². The summed E-state index contributed by atoms with van der Waals surface area (Å²) in [5, 5.41) is 0.417. The van der Waals surface area contributed by atoms with Crippen LogP contribution >= 0.6 is 11.3 Å². The van der Waals surface area contributed by atoms with Crippen molar-refractivity contribution in [3.63, 3.8) is 0 Å². The lowest BCUT2D eigenvalue weighted by molar-refractivity contribution is 0.100. The predicted octanol–water partition coefficient (Wildman–Crippen LogP) is 1.83. The summed E-state index contributed by atoms with van der Waals surface area (Å²) in [5.41, 5.74) is 12.2. The SMILES string of the molecule is CS(=O)c1ccc(-c2cc(C(N)=O)c(N)s2)cc1. The number of benzene rings is 1. The summed E-state index contributed by atoms with van der Waals surface area (Å²) >= 11 is 1.31. The van der Waals surface area contributed by atoms with E-state index in [2.05, 4.69) is 0 Å². The number of nitrogen functional groups attached to an aromatic ring is 1. The number of amides is 1. The van der Waals surface area contributed by atoms with Gasteiger partial charge in [0.25, 0.3) is 5.91 Å². The molecular weight excluding hydrogens is 268 g/mol. The van der Waals surface area contributed by atoms with Gasteiger partial charge in [-0.2, -0.15) is 0 Å². The molecule has 94 valence electrons. The second kappa shape index (κ2) is 4.91. The van der Waals surface area contributed by atoms with Crippen LogP contribution in [-0.2, 0) is 10.8 Å². The van der Waals surface area contributed by atoms with Crippen molar-refractivity contribution >= 4 is 33.0 Å². The number of anilines is 1. The topological polar surface area (TPSA) is 86.2 Å². The molecule has 6 heteroatoms. The lowest BCUT2D eigenvalue weighted by Crippen LogP contribution is -2.11. The molecule has 1 aromatic carbocycles. The molecule has 1 amide bonds. The van der Waals surface area contributed by atoms with E-state index >= 15 is 0 Å². The fourth-order valence-corrected chi connectivity index (χ4v) is 3.01. The van der Waals surface area contributed by atoms with Crippen LogP contribution in [0.2, 0.25) is 0 Å². The molecule has 2 rings (SSSR count). The molecule has 0 aliphatic heterocycles. The molecule has 1 unspecified atom stereocenters. The molecule has 0 aliphatic carbocycles. The summed E-state index contributed by atoms with van der Waals surface area (Å²) < 4.78 is 11.3. The lowest BCUT2D eigenvalue weighted by atomic mass is 10.1. The fourth-order valence-electron chi connectivity index (χ4n) is 1.55. The van der Waals surface area contributed by atoms with Crippen LogP contribution < -0.4 is 11.5 Å². The zero-order valence-electron chi connectivity index (χ0n) is 9.67. The Balaban J connectivity index is 2.40. The van der Waals surface area contributed by atoms with E-state index in [9.17, 15) is 9.00 Å². The first-order valence-electron chi connectivity index (χ1n) is 5.12. The summed E-state index contributed by atoms with van der Waals surface area (Å²) in [6.45, 7) is 0. The van der Waals surface area contributed by atoms with E-state index in [1.165, 1.54) is 11.3 Å². The number of hydrogen-bond donors (Lipinski definition) is 2. The highest BCUT2D eigenvalue weighted by atomic mass is 32.2. The maximum Gasteiger partial charge on any atom is 0.251 e. The number of thiophene rings is 1. The third kappa shape index (κ3) is 2.44. The second-order valence-electron chi connectivity index (χ2n) is 3.73. The second-order valence-corrected chi connectivity index (χ2v) is 6.19. The maximum atomic E-state index is 11.3. The Hall–Kier alpha value is -1.66. The zero-order valence-corrected chi connectivity index (χ0v) is 11.3. The summed E-state index contributed by atoms with van der Waals surface area (Å²) in [6.07, 6.45) is 1.63. The molecule has 0 spiro atoms. The smallest absolute Gasteiger partial charge is 0.251 e. The fraction of sp³-hybridized carbons (Fsp3) is 0.0833. The van der Waals surface area contributed by atoms with Crippen LogP contribution in [0, 0.1) is 0 Å². The van der Waals surface area contributed by atoms with Gasteiger partial charge in [0, 0.05) is 26.8 Å². The van der Waals surface area contributed by atoms with Gasteiger partial charge in [-0.25, -0.2) is 0 Å². The van der Waals surface area contributed by atoms with Crippen LogP contribution in [0.3, 0.4) is 0 Å². The molecule has 0 fully saturated rings. The minimum absolute atomic E-state index is 0.346. The van der Waals surface area contributed by atoms with E-state index in [1.54, 1.807) is 24.5 Å². The van der Waals surface area contributed by atoms with E-state index in [4.69, 9.17) is 11.5 Å². The maximum absolute atomic E-state index is 11.3. The molecule has 18 heavy (non-hydrogen) atoms. The number of nitrogens with two attached hydrogens (primary N) is 2. The Bertz CT molecular complexity index is 618. The molecule has 0 radical (unpaired) electrons. The molecule has 0 saturated heterocycles. The zero-order chi connectivity index (χ0) is 13.3. The van der Waals surface area contributed by atoms with Gasteiger partial charge in [-0.05, 0) is 23.8 Å². The van der Waals surface area contributed by atoms with Crippen LogP contribution in [0.4, 0.5) is 5.00 Å². The minimum atomic E-state index is -0.996. The number of carbonyl (C=O) groups is 1. The van der Waals surface area contributed by atoms with Gasteiger partial charge in [-0.3, -0.25) is 9.00 Å². The molecule has 1 atom stereocenters. The van der Waals surface area contributed by atoms with Gasteiger partial charge in [-0.1, -0.05) is 12.1 Å². The van der Waals surface area contributed by atoms with Gasteiger partial charge in [-0.15, -0.1) is 11.3 Å². The first-order chi connectivity index (χ1) is 8.49. The van der Waals surface area contributed by atoms with Crippen molar-refractivity contribution in [3.05, 3.63) is 35.9 Å². The van der Waals surface area contributed by atoms with Gasteiger partial charge in [0.2, 0.25) is 0 Å². The predicted molar refractivity (Wildman–Crippen MR) is 75.0 cm³/mol. The van der Waals surface area contributed by atoms with Crippen molar-refractivity contribution < 1.29 is 9.00 Å². The standard InChI is InChI=1S/C12H12N2O2S2/c1-18(16)8-4-2-7(3-5-8)10-6-9(11(13)15)12(14)17-10/h2-6H,14H2,1H3,(H2,13,15). The van der Waals surface area contributed by atoms with Gasteiger partial charge < -0.3 is 11.5 Å². The van der Waals surface area contributed by atoms with E-state index in [0.717, 1.165) is 15.3 Å². The highest BCUT2D eigenvalue weighted by molar-refractivity contribution is 7.84. The van der Waals surface area contributed by atoms with Crippen molar-refractivity contribution in [2.45, 2.75) is 4.90 Å². The third-order valence-electron chi connectivity index (χ3n) is 2.50. The van der Waals surface area contributed by atoms with Crippen LogP contribution in [0.1, 0.15) is 10.4 Å². The Labute approximate surface area is 111 Å². The molecule has 0 aliphatic rings. The first-order valence-corrected chi connectivity index (χ1v) is 7.49. The Morgan fingerprint density at radius 3 is 2.33 bits per heavy atom. The summed E-state index contributed by atoms with van der Waals surface area (Å²) in [6, 6.07) is 8.98. The largest absolute Gasteiger partial charge is 0.390 e. The van der Waals surface area contributed by atoms with Gasteiger partial charge in [0.1, 0.15) is 0 Å². The summed E-state index contributed by atoms with van der Waals surface area (Å²) in [7, 11) is -0.996. The van der Waals surface area contributed by atoms with Gasteiger partial charge in [0.15, 0.2) is 0 Å². The monoisotopic (exact) mass is 280 g/mol. The Kier molecular flexibility index (Phi) is 3.49. The summed E-state index contributed by atoms with van der Waals surface area (Å²) in [5.74, 6) is -0.527. The van der Waals surface area contributed by atoms with Crippen molar-refractivity contribution in [2.75, 3.05) is 12.0 Å². The lowest BCUT2D eigenvalue weighted by Gasteiger charge is -1.99. The van der Waals surface area contributed by atoms with Crippen LogP contribution in [0.5, 0.6) is 0 Å². The molecular formula is C12H12N2O2S2. The molecule has 2 aromatic rings. The minimum Gasteiger partial charge on any atom is -0.390 e. The first kappa shape index (κ1) is 12.8. The van der Waals surface area contributed by atoms with E-state index in [-0.39, 0.29) is 0 Å². The van der Waals surface area contributed by atoms with Crippen molar-refractivity contribution in [2.24, 2.45) is 5.73 Å². The number of primary amides is 1. The Morgan fingerprint density at radius 2 is 1.89 bits per heavy atom. The van der Waals surface area contributed by atoms with E-state index in [0.29, 0.717) is 10.6 Å². The number of carbonyl (C=O) groups excluding carboxylic acids is 1. The van der Waals surface area contributed by atoms with Crippen molar-refractivity contribution in [3.8, 4) is 10.4 Å². The normalized spacial score (nSPS) is 12.3. The van der Waals surface area contributed by atoms with E-state index in [1.807, 2.05) is 12.1 Å². The summed E-state index contributed by atoms with van der Waals surface area (Å²) in [4.78, 5) is 12.8. The van der Waals surface area contributed by atoms with Gasteiger partial charge in [0.05, 0.1) is 10.6 Å². The quantitative estimate of drug-likeness (QED) is 0.899. The molecule has 1 aromatic heterocycles. The van der Waals surface area contributed by atoms with Crippen LogP contribution in [-0.4, -0.2) is 16.4 Å². The molecule has 0 bridgehead atoms. The molecule has 4 N–H and O–H groups in total. The highest BCUT2D eigenvalue weighted by Gasteiger charge is 2.12. The number of rotatable bonds is 3. The molecule has 0 saturated carbocycles. The molecule has 4 nitrogen and oxygen atoms in total. The average Bonchev–Trinajstić information content (AvgIpc) is 2.71. The molecule has 1 heterocycles. The average molecular weight is 280 g/mol. The number of hydrogen-bond acceptors (Lipinski definition) is 4. The third-order valence-corrected chi connectivity index (χ3v) is 4.45.